The molecule has 1 N–H and O–H groups in total. The molecule has 0 aliphatic carbocycles. The summed E-state index contributed by atoms with van der Waals surface area (Å²) in [5.41, 5.74) is 2.27. The van der Waals surface area contributed by atoms with Crippen LogP contribution in [0.1, 0.15) is 24.2 Å². The van der Waals surface area contributed by atoms with E-state index < -0.39 is 0 Å². The van der Waals surface area contributed by atoms with E-state index >= 15 is 0 Å². The molecule has 0 atom stereocenters. The maximum Gasteiger partial charge on any atom is 0.255 e. The molecule has 0 radical (unpaired) electrons. The summed E-state index contributed by atoms with van der Waals surface area (Å²) in [7, 11) is 0. The van der Waals surface area contributed by atoms with Crippen molar-refractivity contribution in [2.45, 2.75) is 13.8 Å². The number of amides is 1. The second-order valence-electron chi connectivity index (χ2n) is 5.93. The lowest BCUT2D eigenvalue weighted by Crippen LogP contribution is -2.34. The number of aromatic nitrogens is 2. The van der Waals surface area contributed by atoms with Crippen LogP contribution in [0.25, 0.3) is 16.3 Å². The molecule has 0 aliphatic rings. The zero-order chi connectivity index (χ0) is 18.4. The van der Waals surface area contributed by atoms with Gasteiger partial charge in [-0.3, -0.25) is 4.79 Å². The van der Waals surface area contributed by atoms with Gasteiger partial charge in [0.05, 0.1) is 16.1 Å². The molecule has 0 bridgehead atoms. The van der Waals surface area contributed by atoms with Crippen molar-refractivity contribution in [1.29, 1.82) is 0 Å². The van der Waals surface area contributed by atoms with Crippen molar-refractivity contribution < 1.29 is 4.79 Å². The van der Waals surface area contributed by atoms with Gasteiger partial charge in [-0.2, -0.15) is 5.10 Å². The fourth-order valence-corrected chi connectivity index (χ4v) is 3.53. The number of para-hydroxylation sites is 1. The fraction of sp³-hybridized carbons (Fsp3) is 0.300. The van der Waals surface area contributed by atoms with Gasteiger partial charge in [0.1, 0.15) is 5.69 Å². The Morgan fingerprint density at radius 2 is 1.89 bits per heavy atom. The van der Waals surface area contributed by atoms with E-state index in [1.54, 1.807) is 16.0 Å². The summed E-state index contributed by atoms with van der Waals surface area (Å²) in [5.74, 6) is -0.0808. The van der Waals surface area contributed by atoms with Crippen LogP contribution in [0.3, 0.4) is 0 Å². The van der Waals surface area contributed by atoms with E-state index in [2.05, 4.69) is 29.2 Å². The molecule has 27 heavy (non-hydrogen) atoms. The van der Waals surface area contributed by atoms with E-state index in [-0.39, 0.29) is 18.3 Å². The number of benzene rings is 1. The molecule has 2 heterocycles. The smallest absolute Gasteiger partial charge is 0.255 e. The standard InChI is InChI=1S/C20H24N4OS.ClH/c1-3-23(4-2)13-12-21-20(25)17-15-24(16-9-6-5-7-10-16)22-19(17)18-11-8-14-26-18;/h5-11,14-15H,3-4,12-13H2,1-2H3,(H,21,25);1H. The maximum atomic E-state index is 12.8. The van der Waals surface area contributed by atoms with E-state index in [1.165, 1.54) is 0 Å². The Morgan fingerprint density at radius 1 is 1.15 bits per heavy atom. The first-order valence-corrected chi connectivity index (χ1v) is 9.80. The Kier molecular flexibility index (Phi) is 8.03. The molecule has 3 rings (SSSR count). The lowest BCUT2D eigenvalue weighted by Gasteiger charge is -2.17. The summed E-state index contributed by atoms with van der Waals surface area (Å²) < 4.78 is 1.77. The summed E-state index contributed by atoms with van der Waals surface area (Å²) in [5, 5.41) is 9.71. The number of thiophene rings is 1. The summed E-state index contributed by atoms with van der Waals surface area (Å²) >= 11 is 1.59. The number of carbonyl (C=O) groups is 1. The van der Waals surface area contributed by atoms with Crippen molar-refractivity contribution in [3.05, 3.63) is 59.6 Å². The van der Waals surface area contributed by atoms with Crippen LogP contribution in [-0.4, -0.2) is 46.8 Å². The Labute approximate surface area is 170 Å². The number of nitrogens with one attached hydrogen (secondary N) is 1. The Bertz CT molecular complexity index is 829. The van der Waals surface area contributed by atoms with Crippen molar-refractivity contribution in [2.75, 3.05) is 26.2 Å². The van der Waals surface area contributed by atoms with Crippen molar-refractivity contribution in [3.63, 3.8) is 0 Å². The minimum absolute atomic E-state index is 0. The van der Waals surface area contributed by atoms with Gasteiger partial charge in [0.15, 0.2) is 0 Å². The average Bonchev–Trinajstić information content (AvgIpc) is 3.35. The van der Waals surface area contributed by atoms with E-state index in [0.29, 0.717) is 12.1 Å². The Morgan fingerprint density at radius 3 is 2.52 bits per heavy atom. The van der Waals surface area contributed by atoms with Gasteiger partial charge in [0, 0.05) is 19.3 Å². The van der Waals surface area contributed by atoms with Crippen LogP contribution >= 0.6 is 23.7 Å². The van der Waals surface area contributed by atoms with Crippen LogP contribution < -0.4 is 5.32 Å². The van der Waals surface area contributed by atoms with E-state index in [1.807, 2.05) is 54.0 Å². The summed E-state index contributed by atoms with van der Waals surface area (Å²) in [6.07, 6.45) is 1.82. The van der Waals surface area contributed by atoms with Gasteiger partial charge in [-0.25, -0.2) is 4.68 Å². The first kappa shape index (κ1) is 21.2. The van der Waals surface area contributed by atoms with Crippen LogP contribution in [0, 0.1) is 0 Å². The lowest BCUT2D eigenvalue weighted by atomic mass is 10.2. The number of hydrogen-bond acceptors (Lipinski definition) is 4. The molecular formula is C20H25ClN4OS. The fourth-order valence-electron chi connectivity index (χ4n) is 2.81. The second kappa shape index (κ2) is 10.3. The van der Waals surface area contributed by atoms with Gasteiger partial charge in [-0.15, -0.1) is 23.7 Å². The highest BCUT2D eigenvalue weighted by Gasteiger charge is 2.19. The minimum atomic E-state index is -0.0808. The lowest BCUT2D eigenvalue weighted by molar-refractivity contribution is 0.0949. The minimum Gasteiger partial charge on any atom is -0.351 e. The highest BCUT2D eigenvalue weighted by Crippen LogP contribution is 2.27. The third kappa shape index (κ3) is 5.19. The number of likely N-dealkylation sites (N-methyl/N-ethyl adjacent to an activating group) is 1. The number of halogens is 1. The van der Waals surface area contributed by atoms with Gasteiger partial charge >= 0.3 is 0 Å². The third-order valence-electron chi connectivity index (χ3n) is 4.34. The number of hydrogen-bond donors (Lipinski definition) is 1. The highest BCUT2D eigenvalue weighted by molar-refractivity contribution is 7.13. The zero-order valence-electron chi connectivity index (χ0n) is 15.6. The summed E-state index contributed by atoms with van der Waals surface area (Å²) in [4.78, 5) is 16.1. The molecule has 0 fully saturated rings. The van der Waals surface area contributed by atoms with E-state index in [4.69, 9.17) is 0 Å². The molecule has 2 aromatic heterocycles. The first-order valence-electron chi connectivity index (χ1n) is 8.92. The van der Waals surface area contributed by atoms with Gasteiger partial charge in [-0.1, -0.05) is 38.1 Å². The molecule has 0 unspecified atom stereocenters. The van der Waals surface area contributed by atoms with E-state index in [0.717, 1.165) is 35.9 Å². The molecule has 1 aromatic carbocycles. The second-order valence-corrected chi connectivity index (χ2v) is 6.88. The molecule has 7 heteroatoms. The maximum absolute atomic E-state index is 12.8. The van der Waals surface area contributed by atoms with Gasteiger partial charge in [0.2, 0.25) is 0 Å². The van der Waals surface area contributed by atoms with Gasteiger partial charge < -0.3 is 10.2 Å². The zero-order valence-corrected chi connectivity index (χ0v) is 17.2. The predicted molar refractivity (Wildman–Crippen MR) is 114 cm³/mol. The molecule has 0 saturated heterocycles. The molecule has 0 spiro atoms. The van der Waals surface area contributed by atoms with Crippen LogP contribution in [0.2, 0.25) is 0 Å². The molecule has 144 valence electrons. The van der Waals surface area contributed by atoms with Crippen LogP contribution in [0.15, 0.2) is 54.0 Å². The number of nitrogens with zero attached hydrogens (tertiary/aromatic N) is 3. The third-order valence-corrected chi connectivity index (χ3v) is 5.22. The summed E-state index contributed by atoms with van der Waals surface area (Å²) in [6.45, 7) is 7.70. The van der Waals surface area contributed by atoms with Crippen molar-refractivity contribution in [3.8, 4) is 16.3 Å². The van der Waals surface area contributed by atoms with Crippen molar-refractivity contribution >= 4 is 29.7 Å². The SMILES string of the molecule is CCN(CC)CCNC(=O)c1cn(-c2ccccc2)nc1-c1cccs1.Cl. The average molecular weight is 405 g/mol. The molecule has 5 nitrogen and oxygen atoms in total. The quantitative estimate of drug-likeness (QED) is 0.615. The molecule has 3 aromatic rings. The Balaban J connectivity index is 0.00000261. The number of carbonyl (C=O) groups excluding carboxylic acids is 1. The summed E-state index contributed by atoms with van der Waals surface area (Å²) in [6, 6.07) is 13.8. The van der Waals surface area contributed by atoms with Gasteiger partial charge in [-0.05, 0) is 36.7 Å². The molecule has 0 saturated carbocycles. The van der Waals surface area contributed by atoms with Crippen LogP contribution in [0.5, 0.6) is 0 Å². The van der Waals surface area contributed by atoms with E-state index in [9.17, 15) is 4.79 Å². The van der Waals surface area contributed by atoms with Crippen LogP contribution in [-0.2, 0) is 0 Å². The molecular weight excluding hydrogens is 380 g/mol. The van der Waals surface area contributed by atoms with Crippen molar-refractivity contribution in [1.82, 2.24) is 20.0 Å². The van der Waals surface area contributed by atoms with Crippen molar-refractivity contribution in [2.24, 2.45) is 0 Å². The normalized spacial score (nSPS) is 10.6. The largest absolute Gasteiger partial charge is 0.351 e. The first-order chi connectivity index (χ1) is 12.7. The Hall–Kier alpha value is -2.15. The van der Waals surface area contributed by atoms with Crippen LogP contribution in [0.4, 0.5) is 0 Å². The highest BCUT2D eigenvalue weighted by atomic mass is 35.5. The molecule has 0 aliphatic heterocycles. The number of rotatable bonds is 8. The predicted octanol–water partition coefficient (Wildman–Crippen LogP) is 4.09. The van der Waals surface area contributed by atoms with Gasteiger partial charge in [0.25, 0.3) is 5.91 Å². The monoisotopic (exact) mass is 404 g/mol. The topological polar surface area (TPSA) is 50.2 Å². The molecule has 1 amide bonds.